The predicted octanol–water partition coefficient (Wildman–Crippen LogP) is 2.59. The molecule has 1 N–H and O–H groups in total. The summed E-state index contributed by atoms with van der Waals surface area (Å²) >= 11 is 0. The summed E-state index contributed by atoms with van der Waals surface area (Å²) in [6.07, 6.45) is 24.6. The number of esters is 1. The number of nitrogens with one attached hydrogen (secondary N) is 1. The van der Waals surface area contributed by atoms with Crippen LogP contribution >= 0.6 is 0 Å². The van der Waals surface area contributed by atoms with Crippen molar-refractivity contribution in [3.8, 4) is 0 Å². The number of rotatable bonds is 7. The van der Waals surface area contributed by atoms with Crippen molar-refractivity contribution in [2.24, 2.45) is 5.41 Å². The highest BCUT2D eigenvalue weighted by molar-refractivity contribution is 5.85. The van der Waals surface area contributed by atoms with Crippen LogP contribution in [0.4, 0.5) is 0 Å². The van der Waals surface area contributed by atoms with E-state index in [0.29, 0.717) is 0 Å². The van der Waals surface area contributed by atoms with Crippen LogP contribution in [0.1, 0.15) is 10.6 Å². The van der Waals surface area contributed by atoms with Crippen molar-refractivity contribution in [3.63, 3.8) is 0 Å². The van der Waals surface area contributed by atoms with Crippen molar-refractivity contribution >= 4 is 5.97 Å². The molecule has 0 aliphatic carbocycles. The van der Waals surface area contributed by atoms with Crippen LogP contribution < -0.4 is 0 Å². The van der Waals surface area contributed by atoms with Crippen molar-refractivity contribution < 1.29 is 28.5 Å². The molecule has 1 aromatic heterocycles. The van der Waals surface area contributed by atoms with Crippen LogP contribution in [0.3, 0.4) is 0 Å². The minimum atomic E-state index is -1.16. The summed E-state index contributed by atoms with van der Waals surface area (Å²) in [5, 5.41) is 13.3. The Morgan fingerprint density at radius 3 is 1.74 bits per heavy atom. The third-order valence-electron chi connectivity index (χ3n) is 5.86. The lowest BCUT2D eigenvalue weighted by Crippen LogP contribution is -2.65. The second-order valence-corrected chi connectivity index (χ2v) is 7.69. The van der Waals surface area contributed by atoms with Gasteiger partial charge in [-0.25, -0.2) is 4.79 Å². The van der Waals surface area contributed by atoms with E-state index >= 15 is 0 Å². The average molecular weight is 462 g/mol. The predicted molar refractivity (Wildman–Crippen MR) is 118 cm³/mol. The summed E-state index contributed by atoms with van der Waals surface area (Å²) in [6.45, 7) is 0. The molecule has 4 aliphatic rings. The fraction of sp³-hybridized carbons (Fsp3) is 0.250. The van der Waals surface area contributed by atoms with Gasteiger partial charge in [-0.05, 0) is 53.8 Å². The summed E-state index contributed by atoms with van der Waals surface area (Å²) in [7, 11) is 0. The zero-order chi connectivity index (χ0) is 23.2. The standard InChI is InChI=1S/C24H22N4O6/c29-23(22-25-27-28-26-22)34-21(17-9-1-5-13-30-17)24(18-10-2-6-14-31-18,19-11-3-7-15-32-19)20-12-4-8-16-33-20/h1-21H,(H,25,26,27,28). The highest BCUT2D eigenvalue weighted by Crippen LogP contribution is 2.47. The lowest BCUT2D eigenvalue weighted by atomic mass is 9.64. The van der Waals surface area contributed by atoms with Gasteiger partial charge in [-0.1, -0.05) is 24.3 Å². The fourth-order valence-corrected chi connectivity index (χ4v) is 4.43. The number of ether oxygens (including phenoxy) is 5. The molecule has 0 saturated heterocycles. The molecule has 0 spiro atoms. The molecule has 34 heavy (non-hydrogen) atoms. The van der Waals surface area contributed by atoms with E-state index in [1.54, 1.807) is 49.2 Å². The van der Waals surface area contributed by atoms with E-state index < -0.39 is 41.9 Å². The first kappa shape index (κ1) is 21.5. The number of nitrogens with zero attached hydrogens (tertiary/aromatic N) is 3. The molecule has 10 heteroatoms. The summed E-state index contributed by atoms with van der Waals surface area (Å²) < 4.78 is 30.4. The number of hydrogen-bond acceptors (Lipinski definition) is 9. The molecule has 174 valence electrons. The number of H-pyrrole nitrogens is 1. The van der Waals surface area contributed by atoms with E-state index in [2.05, 4.69) is 20.6 Å². The second kappa shape index (κ2) is 9.65. The van der Waals surface area contributed by atoms with Crippen molar-refractivity contribution in [3.05, 3.63) is 104 Å². The first-order chi connectivity index (χ1) is 16.8. The van der Waals surface area contributed by atoms with Gasteiger partial charge in [0, 0.05) is 0 Å². The molecule has 5 unspecified atom stereocenters. The van der Waals surface area contributed by atoms with Crippen molar-refractivity contribution in [2.45, 2.75) is 30.5 Å². The van der Waals surface area contributed by atoms with Crippen molar-refractivity contribution in [1.82, 2.24) is 20.6 Å². The summed E-state index contributed by atoms with van der Waals surface area (Å²) in [5.41, 5.74) is -1.16. The highest BCUT2D eigenvalue weighted by atomic mass is 16.6. The second-order valence-electron chi connectivity index (χ2n) is 7.69. The monoisotopic (exact) mass is 462 g/mol. The van der Waals surface area contributed by atoms with Gasteiger partial charge in [0.15, 0.2) is 12.2 Å². The molecule has 0 amide bonds. The van der Waals surface area contributed by atoms with Crippen LogP contribution in [0.25, 0.3) is 0 Å². The molecule has 0 bridgehead atoms. The van der Waals surface area contributed by atoms with E-state index in [-0.39, 0.29) is 5.82 Å². The first-order valence-corrected chi connectivity index (χ1v) is 10.7. The zero-order valence-electron chi connectivity index (χ0n) is 17.9. The minimum absolute atomic E-state index is 0.214. The van der Waals surface area contributed by atoms with Crippen LogP contribution in [-0.4, -0.2) is 57.1 Å². The Balaban J connectivity index is 1.67. The number of carbonyl (C=O) groups is 1. The van der Waals surface area contributed by atoms with Crippen LogP contribution in [0.15, 0.2) is 98.0 Å². The maximum absolute atomic E-state index is 13.1. The third kappa shape index (κ3) is 3.94. The number of aromatic nitrogens is 4. The molecule has 0 saturated carbocycles. The molecule has 0 aromatic carbocycles. The Morgan fingerprint density at radius 1 is 0.794 bits per heavy atom. The molecule has 5 rings (SSSR count). The molecular formula is C24H22N4O6. The Morgan fingerprint density at radius 2 is 1.32 bits per heavy atom. The molecule has 0 radical (unpaired) electrons. The lowest BCUT2D eigenvalue weighted by molar-refractivity contribution is -0.186. The molecule has 5 heterocycles. The number of tetrazole rings is 1. The van der Waals surface area contributed by atoms with Gasteiger partial charge < -0.3 is 23.7 Å². The third-order valence-corrected chi connectivity index (χ3v) is 5.86. The maximum Gasteiger partial charge on any atom is 0.380 e. The van der Waals surface area contributed by atoms with Gasteiger partial charge in [0.1, 0.15) is 23.7 Å². The average Bonchev–Trinajstić information content (AvgIpc) is 3.46. The number of aromatic amines is 1. The molecule has 0 fully saturated rings. The van der Waals surface area contributed by atoms with Gasteiger partial charge in [0.25, 0.3) is 5.82 Å². The number of carbonyl (C=O) groups excluding carboxylic acids is 1. The summed E-state index contributed by atoms with van der Waals surface area (Å²) in [4.78, 5) is 13.1. The fourth-order valence-electron chi connectivity index (χ4n) is 4.43. The minimum Gasteiger partial charge on any atom is -0.493 e. The van der Waals surface area contributed by atoms with E-state index in [4.69, 9.17) is 23.7 Å². The smallest absolute Gasteiger partial charge is 0.380 e. The van der Waals surface area contributed by atoms with Gasteiger partial charge in [0.2, 0.25) is 0 Å². The van der Waals surface area contributed by atoms with E-state index in [0.717, 1.165) is 0 Å². The van der Waals surface area contributed by atoms with Gasteiger partial charge >= 0.3 is 5.97 Å². The number of allylic oxidation sites excluding steroid dienone is 8. The molecular weight excluding hydrogens is 440 g/mol. The molecule has 4 aliphatic heterocycles. The Labute approximate surface area is 195 Å². The van der Waals surface area contributed by atoms with Crippen LogP contribution in [0, 0.1) is 5.41 Å². The normalized spacial score (nSPS) is 28.8. The Bertz CT molecular complexity index is 1040. The zero-order valence-corrected chi connectivity index (χ0v) is 17.9. The molecule has 10 nitrogen and oxygen atoms in total. The van der Waals surface area contributed by atoms with Crippen LogP contribution in [0.5, 0.6) is 0 Å². The van der Waals surface area contributed by atoms with Crippen molar-refractivity contribution in [1.29, 1.82) is 0 Å². The largest absolute Gasteiger partial charge is 0.493 e. The van der Waals surface area contributed by atoms with Gasteiger partial charge in [-0.3, -0.25) is 0 Å². The molecule has 1 aromatic rings. The van der Waals surface area contributed by atoms with Crippen LogP contribution in [-0.2, 0) is 23.7 Å². The van der Waals surface area contributed by atoms with Gasteiger partial charge in [-0.15, -0.1) is 10.2 Å². The topological polar surface area (TPSA) is 118 Å². The van der Waals surface area contributed by atoms with E-state index in [1.807, 2.05) is 42.5 Å². The number of hydrogen-bond donors (Lipinski definition) is 1. The Kier molecular flexibility index (Phi) is 6.11. The van der Waals surface area contributed by atoms with Crippen molar-refractivity contribution in [2.75, 3.05) is 0 Å². The Hall–Kier alpha value is -4.34. The molecule has 5 atom stereocenters. The SMILES string of the molecule is O=C(OC(C1C=CC=CO1)C(C1C=CC=CO1)(C1C=CC=CO1)C1C=CC=CO1)c1nn[nH]n1. The first-order valence-electron chi connectivity index (χ1n) is 10.7. The summed E-state index contributed by atoms with van der Waals surface area (Å²) in [5.74, 6) is -0.995. The summed E-state index contributed by atoms with van der Waals surface area (Å²) in [6, 6.07) is 0. The van der Waals surface area contributed by atoms with E-state index in [1.165, 1.54) is 6.26 Å². The highest BCUT2D eigenvalue weighted by Gasteiger charge is 2.63. The van der Waals surface area contributed by atoms with E-state index in [9.17, 15) is 4.79 Å². The quantitative estimate of drug-likeness (QED) is 0.610. The lowest BCUT2D eigenvalue weighted by Gasteiger charge is -2.51. The maximum atomic E-state index is 13.1. The van der Waals surface area contributed by atoms with Gasteiger partial charge in [0.05, 0.1) is 25.0 Å². The van der Waals surface area contributed by atoms with Crippen LogP contribution in [0.2, 0.25) is 0 Å². The van der Waals surface area contributed by atoms with Gasteiger partial charge in [-0.2, -0.15) is 5.21 Å².